The first-order valence-electron chi connectivity index (χ1n) is 35.0. The maximum atomic E-state index is 6.80. The minimum Gasteiger partial charge on any atom is -0.461 e. The van der Waals surface area contributed by atoms with Crippen LogP contribution in [0.3, 0.4) is 0 Å². The summed E-state index contributed by atoms with van der Waals surface area (Å²) in [6, 6.07) is 7.92. The van der Waals surface area contributed by atoms with Gasteiger partial charge in [0.2, 0.25) is 0 Å². The van der Waals surface area contributed by atoms with Crippen molar-refractivity contribution in [3.8, 4) is 0 Å². The average Bonchev–Trinajstić information content (AvgIpc) is 1.81. The molecule has 4 saturated heterocycles. The molecular weight excluding hydrogens is 1320 g/mol. The molecule has 12 unspecified atom stereocenters. The van der Waals surface area contributed by atoms with Gasteiger partial charge < -0.3 is 70.8 Å². The van der Waals surface area contributed by atoms with E-state index in [2.05, 4.69) is 124 Å². The molecule has 27 heteroatoms. The second kappa shape index (κ2) is 39.9. The SMILES string of the molecule is C=CC1CCCC2OC12.C=C[Si](OC)(OC)OC.CO[Si](C)(CC[Si](C)(C)O[Si](C)(C)CCC1CCC2OC2C1)OC.CO[Si](CC[Si](C)(C)O[Si](C)(C)CCC1CCC2OC2C1)(OC)OC.C[SiH](C)O[SiH](C)C.C[SiH](C)O[Si](C)(C)CCC1CCC2OC2C1. The molecule has 0 aromatic heterocycles. The topological polar surface area (TPSA) is 161 Å². The molecule has 0 radical (unpaired) electrons. The number of hydrogen-bond donors (Lipinski definition) is 0. The first-order valence-corrected chi connectivity index (χ1v) is 65.2. The summed E-state index contributed by atoms with van der Waals surface area (Å²) in [6.45, 7) is 46.6. The normalized spacial score (nSPS) is 27.8. The Morgan fingerprint density at radius 3 is 1.06 bits per heavy atom. The predicted octanol–water partition coefficient (Wildman–Crippen LogP) is 15.4. The summed E-state index contributed by atoms with van der Waals surface area (Å²) < 4.78 is 90.5. The van der Waals surface area contributed by atoms with Crippen molar-refractivity contribution in [2.24, 2.45) is 23.7 Å². The van der Waals surface area contributed by atoms with Gasteiger partial charge in [0.05, 0.1) is 48.8 Å². The molecule has 12 atom stereocenters. The zero-order chi connectivity index (χ0) is 67.9. The Balaban J connectivity index is 0.000000300. The van der Waals surface area contributed by atoms with Gasteiger partial charge in [-0.15, -0.1) is 6.58 Å². The molecular formula is C63H140O16Si11. The van der Waals surface area contributed by atoms with E-state index in [1.165, 1.54) is 114 Å². The standard InChI is InChI=1S/C17H38O5Si3.C17H38O4Si3.C12H26O2Si2.C8H12O.C5H12O3Si.C4H14OSi2/c1-18-25(19-2,20-3)13-12-24(6,7)22-23(4,5)11-10-15-8-9-16-17(14-15)21-16;1-18-24(7,19-2)13-12-23(5,6)21-22(3,4)11-10-15-8-9-16-17(14-15)20-16;1-15(2)14-16(3,4)8-7-10-5-6-11-12(9-10)13-11;1-2-6-4-3-5-7-8(6)9-7;1-5-9(6-2,7-3)8-4;1-6(2)5-7(3)4/h15-17H,8-14H2,1-7H3;15-17H,8-14H2,1-7H3;10-12,15H,5-9H2,1-4H3;2,6-8H,1,3-5H2;5H,1H2,2-4H3;6-7H,1-4H3. The van der Waals surface area contributed by atoms with Crippen LogP contribution in [0.1, 0.15) is 96.3 Å². The van der Waals surface area contributed by atoms with E-state index in [4.69, 9.17) is 70.8 Å². The van der Waals surface area contributed by atoms with E-state index < -0.39 is 94.9 Å². The van der Waals surface area contributed by atoms with Crippen LogP contribution in [-0.2, 0) is 70.8 Å². The van der Waals surface area contributed by atoms with E-state index in [1.54, 1.807) is 62.6 Å². The van der Waals surface area contributed by atoms with Crippen LogP contribution < -0.4 is 0 Å². The Labute approximate surface area is 566 Å². The van der Waals surface area contributed by atoms with Gasteiger partial charge in [-0.1, -0.05) is 38.3 Å². The Bertz CT molecular complexity index is 1980. The number of epoxide rings is 4. The molecule has 8 aliphatic rings. The van der Waals surface area contributed by atoms with Crippen molar-refractivity contribution in [1.82, 2.24) is 0 Å². The quantitative estimate of drug-likeness (QED) is 0.0346. The summed E-state index contributed by atoms with van der Waals surface area (Å²) in [4.78, 5) is 0. The van der Waals surface area contributed by atoms with Gasteiger partial charge in [-0.25, -0.2) is 0 Å². The van der Waals surface area contributed by atoms with Crippen LogP contribution in [-0.4, -0.2) is 201 Å². The van der Waals surface area contributed by atoms with Gasteiger partial charge in [0.25, 0.3) is 0 Å². The van der Waals surface area contributed by atoms with Crippen molar-refractivity contribution in [2.75, 3.05) is 56.9 Å². The van der Waals surface area contributed by atoms with Crippen LogP contribution in [0.4, 0.5) is 0 Å². The second-order valence-corrected chi connectivity index (χ2v) is 70.5. The minimum absolute atomic E-state index is 0.566. The zero-order valence-corrected chi connectivity index (χ0v) is 73.8. The van der Waals surface area contributed by atoms with Crippen LogP contribution in [0.15, 0.2) is 24.9 Å². The van der Waals surface area contributed by atoms with Crippen LogP contribution in [0, 0.1) is 23.7 Å². The van der Waals surface area contributed by atoms with Crippen LogP contribution in [0.25, 0.3) is 0 Å². The summed E-state index contributed by atoms with van der Waals surface area (Å²) in [5.74, 6) is 3.31. The number of rotatable bonds is 33. The largest absolute Gasteiger partial charge is 0.528 e. The molecule has 0 bridgehead atoms. The van der Waals surface area contributed by atoms with Crippen molar-refractivity contribution < 1.29 is 70.8 Å². The first kappa shape index (κ1) is 85.4. The Morgan fingerprint density at radius 2 is 0.767 bits per heavy atom. The van der Waals surface area contributed by atoms with Gasteiger partial charge in [-0.05, 0) is 242 Å². The highest BCUT2D eigenvalue weighted by molar-refractivity contribution is 6.86. The maximum Gasteiger partial charge on any atom is 0.528 e. The summed E-state index contributed by atoms with van der Waals surface area (Å²) in [7, 11) is -3.81. The smallest absolute Gasteiger partial charge is 0.461 e. The lowest BCUT2D eigenvalue weighted by molar-refractivity contribution is 0.125. The van der Waals surface area contributed by atoms with E-state index >= 15 is 0 Å². The molecule has 0 spiro atoms. The molecule has 0 N–H and O–H groups in total. The van der Waals surface area contributed by atoms with Crippen molar-refractivity contribution >= 4 is 94.9 Å². The number of hydrogen-bond acceptors (Lipinski definition) is 16. The molecule has 4 saturated carbocycles. The lowest BCUT2D eigenvalue weighted by Crippen LogP contribution is -2.48. The number of fused-ring (bicyclic) bond motifs is 4. The summed E-state index contributed by atoms with van der Waals surface area (Å²) >= 11 is 0. The Morgan fingerprint density at radius 1 is 0.389 bits per heavy atom. The Kier molecular flexibility index (Phi) is 37.9. The molecule has 16 nitrogen and oxygen atoms in total. The molecule has 4 aliphatic carbocycles. The van der Waals surface area contributed by atoms with Crippen LogP contribution >= 0.6 is 0 Å². The van der Waals surface area contributed by atoms with E-state index in [0.717, 1.165) is 41.9 Å². The van der Waals surface area contributed by atoms with E-state index in [0.29, 0.717) is 54.7 Å². The monoisotopic (exact) mass is 1460 g/mol. The molecule has 4 heterocycles. The minimum atomic E-state index is -2.49. The lowest BCUT2D eigenvalue weighted by Gasteiger charge is -2.36. The maximum absolute atomic E-state index is 6.80. The van der Waals surface area contributed by atoms with Crippen molar-refractivity contribution in [2.45, 2.75) is 299 Å². The molecule has 0 aromatic rings. The molecule has 90 heavy (non-hydrogen) atoms. The predicted molar refractivity (Wildman–Crippen MR) is 399 cm³/mol. The summed E-state index contributed by atoms with van der Waals surface area (Å²) in [5, 5.41) is 0. The molecule has 0 aromatic carbocycles. The van der Waals surface area contributed by atoms with Gasteiger partial charge in [0.15, 0.2) is 68.7 Å². The van der Waals surface area contributed by atoms with Crippen molar-refractivity contribution in [3.05, 3.63) is 24.9 Å². The molecule has 8 fully saturated rings. The van der Waals surface area contributed by atoms with Gasteiger partial charge in [-0.3, -0.25) is 0 Å². The van der Waals surface area contributed by atoms with Crippen LogP contribution in [0.5, 0.6) is 0 Å². The van der Waals surface area contributed by atoms with Gasteiger partial charge in [0, 0.05) is 68.8 Å². The fraction of sp³-hybridized carbons (Fsp3) is 0.937. The zero-order valence-electron chi connectivity index (χ0n) is 62.3. The fourth-order valence-electron chi connectivity index (χ4n) is 13.9. The summed E-state index contributed by atoms with van der Waals surface area (Å²) in [5.41, 5.74) is 1.58. The lowest BCUT2D eigenvalue weighted by atomic mass is 9.88. The number of ether oxygens (including phenoxy) is 4. The molecule has 8 rings (SSSR count). The van der Waals surface area contributed by atoms with Crippen molar-refractivity contribution in [3.63, 3.8) is 0 Å². The highest BCUT2D eigenvalue weighted by atomic mass is 28.4. The van der Waals surface area contributed by atoms with E-state index in [9.17, 15) is 0 Å². The third-order valence-corrected chi connectivity index (χ3v) is 53.3. The Hall–Kier alpha value is 1.23. The van der Waals surface area contributed by atoms with Crippen molar-refractivity contribution in [1.29, 1.82) is 0 Å². The average molecular weight is 1460 g/mol. The molecule has 532 valence electrons. The third-order valence-electron chi connectivity index (χ3n) is 19.5. The second-order valence-electron chi connectivity index (χ2n) is 30.9. The van der Waals surface area contributed by atoms with E-state index in [-0.39, 0.29) is 0 Å². The van der Waals surface area contributed by atoms with Crippen LogP contribution in [0.2, 0.25) is 154 Å². The van der Waals surface area contributed by atoms with Gasteiger partial charge >= 0.3 is 26.2 Å². The van der Waals surface area contributed by atoms with Gasteiger partial charge in [-0.2, -0.15) is 0 Å². The fourth-order valence-corrected chi connectivity index (χ4v) is 51.3. The highest BCUT2D eigenvalue weighted by Crippen LogP contribution is 2.45. The third kappa shape index (κ3) is 33.4. The first-order chi connectivity index (χ1) is 42.0. The summed E-state index contributed by atoms with van der Waals surface area (Å²) in [6.07, 6.45) is 26.7. The van der Waals surface area contributed by atoms with Gasteiger partial charge in [0.1, 0.15) is 0 Å². The van der Waals surface area contributed by atoms with E-state index in [1.807, 2.05) is 6.08 Å². The molecule has 0 amide bonds. The highest BCUT2D eigenvalue weighted by Gasteiger charge is 2.49. The molecule has 4 aliphatic heterocycles.